The number of hydrogen-bond acceptors (Lipinski definition) is 3. The summed E-state index contributed by atoms with van der Waals surface area (Å²) in [4.78, 5) is 17.5. The van der Waals surface area contributed by atoms with Crippen LogP contribution in [0.4, 0.5) is 4.39 Å². The summed E-state index contributed by atoms with van der Waals surface area (Å²) in [6.07, 6.45) is 11.5. The molecule has 0 radical (unpaired) electrons. The van der Waals surface area contributed by atoms with Crippen molar-refractivity contribution in [1.29, 1.82) is 0 Å². The van der Waals surface area contributed by atoms with Crippen LogP contribution in [0.5, 0.6) is 0 Å². The van der Waals surface area contributed by atoms with E-state index in [2.05, 4.69) is 46.2 Å². The molecule has 1 saturated carbocycles. The van der Waals surface area contributed by atoms with Crippen LogP contribution in [0.25, 0.3) is 0 Å². The zero-order chi connectivity index (χ0) is 27.2. The summed E-state index contributed by atoms with van der Waals surface area (Å²) >= 11 is 0. The van der Waals surface area contributed by atoms with Crippen molar-refractivity contribution < 1.29 is 14.3 Å². The van der Waals surface area contributed by atoms with Crippen LogP contribution in [0.1, 0.15) is 80.4 Å². The zero-order valence-electron chi connectivity index (χ0n) is 23.7. The average molecular weight is 535 g/mol. The van der Waals surface area contributed by atoms with Crippen molar-refractivity contribution in [2.75, 3.05) is 32.7 Å². The SMILES string of the molecule is Cc1ccc(CCCC2CCN(C[C@H]3CN([C@@H](C(=O)O)C4CCCCC4)C[C@@H]3c3ccccc3)CC2)cc1F. The summed E-state index contributed by atoms with van der Waals surface area (Å²) in [7, 11) is 0. The highest BCUT2D eigenvalue weighted by atomic mass is 19.1. The van der Waals surface area contributed by atoms with Crippen molar-refractivity contribution in [2.45, 2.75) is 83.1 Å². The van der Waals surface area contributed by atoms with Crippen LogP contribution in [0.2, 0.25) is 0 Å². The Balaban J connectivity index is 1.16. The smallest absolute Gasteiger partial charge is 0.321 e. The fourth-order valence-electron chi connectivity index (χ4n) is 7.68. The lowest BCUT2D eigenvalue weighted by Gasteiger charge is -2.35. The van der Waals surface area contributed by atoms with Gasteiger partial charge in [-0.1, -0.05) is 68.1 Å². The highest BCUT2D eigenvalue weighted by Gasteiger charge is 2.43. The molecule has 2 aromatic carbocycles. The van der Waals surface area contributed by atoms with Gasteiger partial charge < -0.3 is 10.0 Å². The number of aryl methyl sites for hydroxylation is 2. The summed E-state index contributed by atoms with van der Waals surface area (Å²) in [5.41, 5.74) is 3.19. The predicted molar refractivity (Wildman–Crippen MR) is 155 cm³/mol. The van der Waals surface area contributed by atoms with Crippen LogP contribution in [0.15, 0.2) is 48.5 Å². The molecule has 3 atom stereocenters. The van der Waals surface area contributed by atoms with Crippen molar-refractivity contribution in [3.63, 3.8) is 0 Å². The van der Waals surface area contributed by atoms with Gasteiger partial charge in [0.2, 0.25) is 0 Å². The van der Waals surface area contributed by atoms with Crippen molar-refractivity contribution in [3.8, 4) is 0 Å². The number of halogens is 1. The van der Waals surface area contributed by atoms with E-state index >= 15 is 0 Å². The molecule has 4 nitrogen and oxygen atoms in total. The maximum absolute atomic E-state index is 13.9. The molecule has 2 heterocycles. The number of rotatable bonds is 10. The molecule has 3 fully saturated rings. The maximum Gasteiger partial charge on any atom is 0.321 e. The Labute approximate surface area is 234 Å². The van der Waals surface area contributed by atoms with E-state index in [0.717, 1.165) is 75.5 Å². The quantitative estimate of drug-likeness (QED) is 0.359. The van der Waals surface area contributed by atoms with Crippen LogP contribution < -0.4 is 0 Å². The molecular weight excluding hydrogens is 487 g/mol. The highest BCUT2D eigenvalue weighted by Crippen LogP contribution is 2.38. The first-order valence-electron chi connectivity index (χ1n) is 15.5. The molecule has 0 aromatic heterocycles. The Morgan fingerprint density at radius 1 is 1.00 bits per heavy atom. The fraction of sp³-hybridized carbons (Fsp3) is 0.618. The molecule has 0 unspecified atom stereocenters. The van der Waals surface area contributed by atoms with E-state index in [1.807, 2.05) is 13.0 Å². The average Bonchev–Trinajstić information content (AvgIpc) is 3.35. The minimum Gasteiger partial charge on any atom is -0.480 e. The highest BCUT2D eigenvalue weighted by molar-refractivity contribution is 5.74. The monoisotopic (exact) mass is 534 g/mol. The number of carboxylic acids is 1. The molecule has 3 aliphatic rings. The van der Waals surface area contributed by atoms with Crippen LogP contribution in [0, 0.1) is 30.5 Å². The van der Waals surface area contributed by atoms with Gasteiger partial charge in [0.15, 0.2) is 0 Å². The van der Waals surface area contributed by atoms with E-state index in [1.54, 1.807) is 6.07 Å². The lowest BCUT2D eigenvalue weighted by atomic mass is 9.83. The number of aliphatic carboxylic acids is 1. The molecule has 5 heteroatoms. The van der Waals surface area contributed by atoms with Crippen LogP contribution in [0.3, 0.4) is 0 Å². The minimum atomic E-state index is -0.622. The van der Waals surface area contributed by atoms with Gasteiger partial charge in [-0.25, -0.2) is 4.39 Å². The van der Waals surface area contributed by atoms with E-state index in [4.69, 9.17) is 0 Å². The summed E-state index contributed by atoms with van der Waals surface area (Å²) in [5, 5.41) is 10.3. The van der Waals surface area contributed by atoms with Crippen LogP contribution in [-0.2, 0) is 11.2 Å². The molecule has 5 rings (SSSR count). The topological polar surface area (TPSA) is 43.8 Å². The molecule has 1 aliphatic carbocycles. The molecule has 0 bridgehead atoms. The number of nitrogens with zero attached hydrogens (tertiary/aromatic N) is 2. The predicted octanol–water partition coefficient (Wildman–Crippen LogP) is 6.92. The minimum absolute atomic E-state index is 0.0893. The third-order valence-electron chi connectivity index (χ3n) is 9.95. The number of benzene rings is 2. The van der Waals surface area contributed by atoms with Crippen molar-refractivity contribution >= 4 is 5.97 Å². The number of carbonyl (C=O) groups is 1. The number of carboxylic acid groups (broad SMARTS) is 1. The van der Waals surface area contributed by atoms with E-state index in [-0.39, 0.29) is 11.9 Å². The molecule has 2 saturated heterocycles. The van der Waals surface area contributed by atoms with Gasteiger partial charge >= 0.3 is 5.97 Å². The Morgan fingerprint density at radius 3 is 2.44 bits per heavy atom. The van der Waals surface area contributed by atoms with Crippen molar-refractivity contribution in [1.82, 2.24) is 9.80 Å². The van der Waals surface area contributed by atoms with Gasteiger partial charge in [0.25, 0.3) is 0 Å². The second-order valence-electron chi connectivity index (χ2n) is 12.6. The zero-order valence-corrected chi connectivity index (χ0v) is 23.7. The van der Waals surface area contributed by atoms with Crippen molar-refractivity contribution in [3.05, 3.63) is 71.0 Å². The van der Waals surface area contributed by atoms with Crippen molar-refractivity contribution in [2.24, 2.45) is 17.8 Å². The normalized spacial score (nSPS) is 24.7. The fourth-order valence-corrected chi connectivity index (χ4v) is 7.68. The van der Waals surface area contributed by atoms with Crippen LogP contribution >= 0.6 is 0 Å². The van der Waals surface area contributed by atoms with Gasteiger partial charge in [0, 0.05) is 25.6 Å². The summed E-state index contributed by atoms with van der Waals surface area (Å²) in [6.45, 7) is 6.89. The largest absolute Gasteiger partial charge is 0.480 e. The second kappa shape index (κ2) is 13.4. The van der Waals surface area contributed by atoms with E-state index in [1.165, 1.54) is 44.1 Å². The Hall–Kier alpha value is -2.24. The Morgan fingerprint density at radius 2 is 1.74 bits per heavy atom. The molecule has 212 valence electrons. The van der Waals surface area contributed by atoms with Gasteiger partial charge in [-0.3, -0.25) is 9.69 Å². The summed E-state index contributed by atoms with van der Waals surface area (Å²) in [6, 6.07) is 16.1. The second-order valence-corrected chi connectivity index (χ2v) is 12.6. The number of piperidine rings is 1. The van der Waals surface area contributed by atoms with Gasteiger partial charge in [-0.15, -0.1) is 0 Å². The third kappa shape index (κ3) is 7.29. The first-order chi connectivity index (χ1) is 19.0. The standard InChI is InChI=1S/C34H47FN2O2/c1-25-15-16-27(21-32(25)35)10-8-9-26-17-19-36(20-18-26)22-30-23-37(24-31(30)28-11-4-2-5-12-28)33(34(38)39)29-13-6-3-7-14-29/h2,4-5,11-12,15-16,21,26,29-31,33H,3,6-10,13-14,17-20,22-24H2,1H3,(H,38,39)/t30-,31+,33+/m0/s1. The lowest BCUT2D eigenvalue weighted by molar-refractivity contribution is -0.145. The van der Waals surface area contributed by atoms with Gasteiger partial charge in [0.1, 0.15) is 11.9 Å². The Kier molecular flexibility index (Phi) is 9.73. The third-order valence-corrected chi connectivity index (χ3v) is 9.95. The molecule has 0 amide bonds. The van der Waals surface area contributed by atoms with Gasteiger partial charge in [-0.05, 0) is 99.0 Å². The number of likely N-dealkylation sites (tertiary alicyclic amines) is 2. The number of hydrogen-bond donors (Lipinski definition) is 1. The maximum atomic E-state index is 13.9. The van der Waals surface area contributed by atoms with E-state index in [0.29, 0.717) is 17.8 Å². The molecule has 39 heavy (non-hydrogen) atoms. The van der Waals surface area contributed by atoms with Crippen LogP contribution in [-0.4, -0.2) is 59.6 Å². The first kappa shape index (κ1) is 28.3. The molecule has 2 aromatic rings. The molecular formula is C34H47FN2O2. The Bertz CT molecular complexity index is 1060. The lowest BCUT2D eigenvalue weighted by Crippen LogP contribution is -2.46. The van der Waals surface area contributed by atoms with Gasteiger partial charge in [-0.2, -0.15) is 0 Å². The first-order valence-corrected chi connectivity index (χ1v) is 15.5. The molecule has 2 aliphatic heterocycles. The van der Waals surface area contributed by atoms with E-state index in [9.17, 15) is 14.3 Å². The summed E-state index contributed by atoms with van der Waals surface area (Å²) < 4.78 is 13.9. The van der Waals surface area contributed by atoms with E-state index < -0.39 is 5.97 Å². The molecule has 0 spiro atoms. The summed E-state index contributed by atoms with van der Waals surface area (Å²) in [5.74, 6) is 1.19. The molecule has 1 N–H and O–H groups in total. The van der Waals surface area contributed by atoms with Gasteiger partial charge in [0.05, 0.1) is 0 Å².